The summed E-state index contributed by atoms with van der Waals surface area (Å²) in [7, 11) is 0. The van der Waals surface area contributed by atoms with Crippen LogP contribution in [0.4, 0.5) is 13.2 Å². The van der Waals surface area contributed by atoms with Crippen LogP contribution < -0.4 is 5.73 Å². The molecule has 3 N–H and O–H groups in total. The van der Waals surface area contributed by atoms with Crippen LogP contribution in [0.15, 0.2) is 18.2 Å². The van der Waals surface area contributed by atoms with E-state index in [-0.39, 0.29) is 5.02 Å². The van der Waals surface area contributed by atoms with Crippen LogP contribution in [0.2, 0.25) is 5.02 Å². The Hall–Kier alpha value is -1.20. The Balaban J connectivity index is 2.59. The molecule has 0 radical (unpaired) electrons. The highest BCUT2D eigenvalue weighted by Gasteiger charge is 2.36. The van der Waals surface area contributed by atoms with Crippen LogP contribution in [0.1, 0.15) is 11.3 Å². The number of aromatic amines is 1. The molecule has 0 saturated heterocycles. The van der Waals surface area contributed by atoms with Crippen molar-refractivity contribution in [1.29, 1.82) is 0 Å². The first-order valence-corrected chi connectivity index (χ1v) is 5.38. The van der Waals surface area contributed by atoms with Crippen LogP contribution in [0, 0.1) is 0 Å². The lowest BCUT2D eigenvalue weighted by Gasteiger charge is -2.02. The van der Waals surface area contributed by atoms with Gasteiger partial charge < -0.3 is 10.7 Å². The van der Waals surface area contributed by atoms with E-state index in [1.54, 1.807) is 18.2 Å². The molecular formula is C11H10ClF3N2. The van der Waals surface area contributed by atoms with Gasteiger partial charge in [-0.05, 0) is 30.7 Å². The monoisotopic (exact) mass is 262 g/mol. The standard InChI is InChI=1S/C11H10ClF3N2/c12-9-7-5-6(3-4-16)1-2-8(7)17-10(9)11(13,14)15/h1-2,5,17H,3-4,16H2. The van der Waals surface area contributed by atoms with E-state index >= 15 is 0 Å². The van der Waals surface area contributed by atoms with Crippen molar-refractivity contribution >= 4 is 22.5 Å². The second-order valence-corrected chi connectivity index (χ2v) is 4.11. The predicted molar refractivity (Wildman–Crippen MR) is 61.1 cm³/mol. The molecule has 0 atom stereocenters. The van der Waals surface area contributed by atoms with Crippen LogP contribution in [-0.2, 0) is 12.6 Å². The van der Waals surface area contributed by atoms with Crippen molar-refractivity contribution in [2.24, 2.45) is 5.73 Å². The first-order valence-electron chi connectivity index (χ1n) is 5.01. The van der Waals surface area contributed by atoms with Gasteiger partial charge in [-0.3, -0.25) is 0 Å². The van der Waals surface area contributed by atoms with E-state index in [0.29, 0.717) is 23.9 Å². The van der Waals surface area contributed by atoms with E-state index in [1.807, 2.05) is 0 Å². The summed E-state index contributed by atoms with van der Waals surface area (Å²) < 4.78 is 37.8. The third kappa shape index (κ3) is 2.25. The highest BCUT2D eigenvalue weighted by atomic mass is 35.5. The molecule has 0 fully saturated rings. The molecule has 2 aromatic rings. The Morgan fingerprint density at radius 1 is 1.29 bits per heavy atom. The van der Waals surface area contributed by atoms with Gasteiger partial charge in [0.05, 0.1) is 5.02 Å². The van der Waals surface area contributed by atoms with Gasteiger partial charge in [0.2, 0.25) is 0 Å². The fraction of sp³-hybridized carbons (Fsp3) is 0.273. The van der Waals surface area contributed by atoms with E-state index in [9.17, 15) is 13.2 Å². The number of H-pyrrole nitrogens is 1. The van der Waals surface area contributed by atoms with E-state index < -0.39 is 11.9 Å². The Kier molecular flexibility index (Phi) is 3.05. The molecule has 2 rings (SSSR count). The summed E-state index contributed by atoms with van der Waals surface area (Å²) in [5.41, 5.74) is 5.74. The summed E-state index contributed by atoms with van der Waals surface area (Å²) >= 11 is 5.73. The molecule has 0 aliphatic carbocycles. The van der Waals surface area contributed by atoms with E-state index in [4.69, 9.17) is 17.3 Å². The quantitative estimate of drug-likeness (QED) is 0.856. The molecule has 0 saturated carbocycles. The molecular weight excluding hydrogens is 253 g/mol. The number of rotatable bonds is 2. The first-order chi connectivity index (χ1) is 7.93. The van der Waals surface area contributed by atoms with Crippen LogP contribution >= 0.6 is 11.6 Å². The van der Waals surface area contributed by atoms with Crippen molar-refractivity contribution in [3.05, 3.63) is 34.5 Å². The minimum Gasteiger partial charge on any atom is -0.350 e. The molecule has 0 amide bonds. The summed E-state index contributed by atoms with van der Waals surface area (Å²) in [4.78, 5) is 2.28. The number of fused-ring (bicyclic) bond motifs is 1. The molecule has 1 aromatic carbocycles. The zero-order valence-electron chi connectivity index (χ0n) is 8.74. The maximum atomic E-state index is 12.6. The van der Waals surface area contributed by atoms with Gasteiger partial charge in [0.15, 0.2) is 0 Å². The Morgan fingerprint density at radius 2 is 2.00 bits per heavy atom. The largest absolute Gasteiger partial charge is 0.432 e. The van der Waals surface area contributed by atoms with Crippen LogP contribution in [0.25, 0.3) is 10.9 Å². The second-order valence-electron chi connectivity index (χ2n) is 3.73. The van der Waals surface area contributed by atoms with Crippen molar-refractivity contribution in [1.82, 2.24) is 4.98 Å². The summed E-state index contributed by atoms with van der Waals surface area (Å²) in [6, 6.07) is 4.96. The van der Waals surface area contributed by atoms with Crippen molar-refractivity contribution in [2.45, 2.75) is 12.6 Å². The molecule has 1 heterocycles. The Morgan fingerprint density at radius 3 is 2.59 bits per heavy atom. The van der Waals surface area contributed by atoms with Crippen LogP contribution in [-0.4, -0.2) is 11.5 Å². The number of aromatic nitrogens is 1. The fourth-order valence-electron chi connectivity index (χ4n) is 1.72. The second kappa shape index (κ2) is 4.23. The molecule has 0 aliphatic heterocycles. The van der Waals surface area contributed by atoms with E-state index in [1.165, 1.54) is 0 Å². The number of alkyl halides is 3. The van der Waals surface area contributed by atoms with Crippen molar-refractivity contribution in [2.75, 3.05) is 6.54 Å². The number of nitrogens with one attached hydrogen (secondary N) is 1. The van der Waals surface area contributed by atoms with Gasteiger partial charge in [-0.1, -0.05) is 17.7 Å². The van der Waals surface area contributed by atoms with Gasteiger partial charge in [0.1, 0.15) is 5.69 Å². The average molecular weight is 263 g/mol. The molecule has 0 unspecified atom stereocenters. The smallest absolute Gasteiger partial charge is 0.350 e. The third-order valence-electron chi connectivity index (χ3n) is 2.52. The molecule has 6 heteroatoms. The van der Waals surface area contributed by atoms with Crippen molar-refractivity contribution < 1.29 is 13.2 Å². The molecule has 92 valence electrons. The number of halogens is 4. The fourth-order valence-corrected chi connectivity index (χ4v) is 2.03. The number of nitrogens with two attached hydrogens (primary N) is 1. The number of benzene rings is 1. The summed E-state index contributed by atoms with van der Waals surface area (Å²) in [5.74, 6) is 0. The predicted octanol–water partition coefficient (Wildman–Crippen LogP) is 3.34. The maximum absolute atomic E-state index is 12.6. The third-order valence-corrected chi connectivity index (χ3v) is 2.91. The summed E-state index contributed by atoms with van der Waals surface area (Å²) in [6.45, 7) is 0.444. The summed E-state index contributed by atoms with van der Waals surface area (Å²) in [5, 5.41) is 0.0938. The van der Waals surface area contributed by atoms with E-state index in [2.05, 4.69) is 4.98 Å². The first kappa shape index (κ1) is 12.3. The minimum absolute atomic E-state index is 0.286. The number of hydrogen-bond donors (Lipinski definition) is 2. The molecule has 1 aromatic heterocycles. The molecule has 2 nitrogen and oxygen atoms in total. The normalized spacial score (nSPS) is 12.3. The number of hydrogen-bond acceptors (Lipinski definition) is 1. The van der Waals surface area contributed by atoms with Gasteiger partial charge in [0.25, 0.3) is 0 Å². The molecule has 0 aliphatic rings. The maximum Gasteiger partial charge on any atom is 0.432 e. The van der Waals surface area contributed by atoms with Gasteiger partial charge in [-0.15, -0.1) is 0 Å². The lowest BCUT2D eigenvalue weighted by Crippen LogP contribution is -2.05. The highest BCUT2D eigenvalue weighted by Crippen LogP contribution is 2.38. The van der Waals surface area contributed by atoms with Crippen molar-refractivity contribution in [3.8, 4) is 0 Å². The molecule has 17 heavy (non-hydrogen) atoms. The van der Waals surface area contributed by atoms with Crippen molar-refractivity contribution in [3.63, 3.8) is 0 Å². The van der Waals surface area contributed by atoms with Gasteiger partial charge in [-0.2, -0.15) is 13.2 Å². The van der Waals surface area contributed by atoms with Crippen LogP contribution in [0.5, 0.6) is 0 Å². The van der Waals surface area contributed by atoms with Gasteiger partial charge in [-0.25, -0.2) is 0 Å². The Bertz CT molecular complexity index is 545. The molecule has 0 bridgehead atoms. The van der Waals surface area contributed by atoms with Gasteiger partial charge in [0, 0.05) is 10.9 Å². The minimum atomic E-state index is -4.47. The highest BCUT2D eigenvalue weighted by molar-refractivity contribution is 6.36. The Labute approximate surface area is 101 Å². The molecule has 0 spiro atoms. The van der Waals surface area contributed by atoms with Gasteiger partial charge >= 0.3 is 6.18 Å². The van der Waals surface area contributed by atoms with E-state index in [0.717, 1.165) is 5.56 Å². The van der Waals surface area contributed by atoms with Crippen LogP contribution in [0.3, 0.4) is 0 Å². The lowest BCUT2D eigenvalue weighted by atomic mass is 10.1. The topological polar surface area (TPSA) is 41.8 Å². The average Bonchev–Trinajstić information content (AvgIpc) is 2.56. The summed E-state index contributed by atoms with van der Waals surface area (Å²) in [6.07, 6.45) is -3.86. The SMILES string of the molecule is NCCc1ccc2[nH]c(C(F)(F)F)c(Cl)c2c1. The lowest BCUT2D eigenvalue weighted by molar-refractivity contribution is -0.140. The zero-order chi connectivity index (χ0) is 12.6. The zero-order valence-corrected chi connectivity index (χ0v) is 9.49.